The minimum absolute atomic E-state index is 0.0346. The number of alkyl halides is 5. The highest BCUT2D eigenvalue weighted by Gasteiger charge is 2.64. The number of fused-ring (bicyclic) bond motifs is 2. The van der Waals surface area contributed by atoms with Crippen LogP contribution >= 0.6 is 23.4 Å². The number of carbonyl (C=O) groups is 4. The van der Waals surface area contributed by atoms with E-state index in [1.165, 1.54) is 23.5 Å². The summed E-state index contributed by atoms with van der Waals surface area (Å²) in [5.41, 5.74) is -1.32. The van der Waals surface area contributed by atoms with Crippen LogP contribution in [0.1, 0.15) is 46.1 Å². The van der Waals surface area contributed by atoms with Gasteiger partial charge in [0.2, 0.25) is 11.8 Å². The lowest BCUT2D eigenvalue weighted by atomic mass is 9.79. The first kappa shape index (κ1) is 33.3. The SMILES string of the molecule is C[C@H](NC(=O)C(F)(F)C(F)(F)F)C(=O)N(C)[C@@H](CC(C)(C)C)C(=O)N1C[C@]2(C[C@H]1C#N)C(=O)N(Cl)c1ccc(Cl)cc12. The molecule has 0 aliphatic carbocycles. The van der Waals surface area contributed by atoms with Crippen molar-refractivity contribution in [1.29, 1.82) is 5.26 Å². The van der Waals surface area contributed by atoms with Gasteiger partial charge < -0.3 is 15.1 Å². The Balaban J connectivity index is 1.94. The maximum absolute atomic E-state index is 14.0. The number of hydrogen-bond donors (Lipinski definition) is 1. The molecule has 2 heterocycles. The molecular formula is C26H28Cl2F5N5O4. The number of benzene rings is 1. The van der Waals surface area contributed by atoms with Crippen LogP contribution in [0.3, 0.4) is 0 Å². The second-order valence-electron chi connectivity index (χ2n) is 11.6. The fraction of sp³-hybridized carbons (Fsp3) is 0.577. The first-order valence-electron chi connectivity index (χ1n) is 12.6. The highest BCUT2D eigenvalue weighted by Crippen LogP contribution is 2.51. The summed E-state index contributed by atoms with van der Waals surface area (Å²) in [6.45, 7) is 5.80. The van der Waals surface area contributed by atoms with E-state index >= 15 is 0 Å². The number of nitrogens with zero attached hydrogens (tertiary/aromatic N) is 4. The van der Waals surface area contributed by atoms with Gasteiger partial charge in [-0.05, 0) is 42.5 Å². The van der Waals surface area contributed by atoms with Gasteiger partial charge >= 0.3 is 18.0 Å². The average Bonchev–Trinajstić information content (AvgIpc) is 3.37. The Kier molecular flexibility index (Phi) is 8.84. The molecule has 0 saturated carbocycles. The van der Waals surface area contributed by atoms with E-state index in [1.54, 1.807) is 20.8 Å². The quantitative estimate of drug-likeness (QED) is 0.371. The molecule has 0 aromatic heterocycles. The summed E-state index contributed by atoms with van der Waals surface area (Å²) in [4.78, 5) is 54.2. The second-order valence-corrected chi connectivity index (χ2v) is 12.4. The minimum atomic E-state index is -6.19. The third kappa shape index (κ3) is 5.86. The third-order valence-corrected chi connectivity index (χ3v) is 7.90. The summed E-state index contributed by atoms with van der Waals surface area (Å²) in [6.07, 6.45) is -6.36. The van der Waals surface area contributed by atoms with Gasteiger partial charge in [0, 0.05) is 36.8 Å². The molecule has 4 atom stereocenters. The van der Waals surface area contributed by atoms with Crippen LogP contribution in [0.5, 0.6) is 0 Å². The number of anilines is 1. The number of amides is 4. The summed E-state index contributed by atoms with van der Waals surface area (Å²) < 4.78 is 65.7. The van der Waals surface area contributed by atoms with Crippen molar-refractivity contribution in [3.05, 3.63) is 28.8 Å². The number of hydrogen-bond acceptors (Lipinski definition) is 5. The molecule has 1 aromatic carbocycles. The molecule has 2 aliphatic heterocycles. The molecular weight excluding hydrogens is 612 g/mol. The average molecular weight is 640 g/mol. The predicted molar refractivity (Wildman–Crippen MR) is 141 cm³/mol. The van der Waals surface area contributed by atoms with Crippen molar-refractivity contribution in [3.8, 4) is 6.07 Å². The Hall–Kier alpha value is -3.18. The van der Waals surface area contributed by atoms with Crippen LogP contribution in [-0.2, 0) is 24.6 Å². The molecule has 1 aromatic rings. The van der Waals surface area contributed by atoms with Gasteiger partial charge in [-0.25, -0.2) is 4.42 Å². The van der Waals surface area contributed by atoms with E-state index in [0.717, 1.165) is 28.2 Å². The van der Waals surface area contributed by atoms with Crippen LogP contribution in [0, 0.1) is 16.7 Å². The highest BCUT2D eigenvalue weighted by atomic mass is 35.5. The van der Waals surface area contributed by atoms with E-state index in [-0.39, 0.29) is 24.4 Å². The molecule has 1 saturated heterocycles. The van der Waals surface area contributed by atoms with Crippen LogP contribution in [0.25, 0.3) is 0 Å². The lowest BCUT2D eigenvalue weighted by Crippen LogP contribution is -2.58. The molecule has 0 radical (unpaired) electrons. The van der Waals surface area contributed by atoms with Gasteiger partial charge in [-0.3, -0.25) is 19.2 Å². The zero-order valence-corrected chi connectivity index (χ0v) is 24.7. The first-order chi connectivity index (χ1) is 19.1. The molecule has 1 fully saturated rings. The van der Waals surface area contributed by atoms with Crippen molar-refractivity contribution < 1.29 is 41.1 Å². The maximum atomic E-state index is 14.0. The van der Waals surface area contributed by atoms with E-state index in [2.05, 4.69) is 0 Å². The van der Waals surface area contributed by atoms with Gasteiger partial charge in [0.15, 0.2) is 0 Å². The Labute approximate surface area is 248 Å². The largest absolute Gasteiger partial charge is 0.463 e. The number of nitrogens with one attached hydrogen (secondary N) is 1. The van der Waals surface area contributed by atoms with Crippen LogP contribution in [0.4, 0.5) is 27.6 Å². The number of likely N-dealkylation sites (tertiary alicyclic amines) is 1. The molecule has 16 heteroatoms. The molecule has 42 heavy (non-hydrogen) atoms. The summed E-state index contributed by atoms with van der Waals surface area (Å²) in [6, 6.07) is 2.18. The molecule has 2 aliphatic rings. The summed E-state index contributed by atoms with van der Waals surface area (Å²) in [7, 11) is 1.13. The molecule has 4 amide bonds. The first-order valence-corrected chi connectivity index (χ1v) is 13.3. The molecule has 1 spiro atoms. The Morgan fingerprint density at radius 3 is 2.33 bits per heavy atom. The molecule has 3 rings (SSSR count). The Morgan fingerprint density at radius 1 is 1.21 bits per heavy atom. The van der Waals surface area contributed by atoms with Gasteiger partial charge in [0.25, 0.3) is 5.91 Å². The van der Waals surface area contributed by atoms with Crippen molar-refractivity contribution in [2.75, 3.05) is 18.0 Å². The summed E-state index contributed by atoms with van der Waals surface area (Å²) >= 11 is 12.4. The van der Waals surface area contributed by atoms with E-state index < -0.39 is 64.7 Å². The fourth-order valence-electron chi connectivity index (χ4n) is 5.18. The standard InChI is InChI=1S/C26H28Cl2F5N5O4/c1-13(35-21(41)25(29,30)26(31,32)33)19(39)36(5)18(10-23(2,3)4)20(40)37-12-24(9-15(37)11-34)16-8-14(27)6-7-17(16)38(28)22(24)42/h6-8,13,15,18H,9-10,12H2,1-5H3,(H,35,41)/t13-,15-,18-,24-/m0/s1. The van der Waals surface area contributed by atoms with Gasteiger partial charge in [0.05, 0.1) is 17.2 Å². The number of nitriles is 1. The zero-order chi connectivity index (χ0) is 32.2. The van der Waals surface area contributed by atoms with Crippen molar-refractivity contribution in [1.82, 2.24) is 15.1 Å². The summed E-state index contributed by atoms with van der Waals surface area (Å²) in [5, 5.41) is 11.6. The molecule has 9 nitrogen and oxygen atoms in total. The lowest BCUT2D eigenvalue weighted by molar-refractivity contribution is -0.270. The van der Waals surface area contributed by atoms with E-state index in [4.69, 9.17) is 23.4 Å². The lowest BCUT2D eigenvalue weighted by Gasteiger charge is -2.37. The van der Waals surface area contributed by atoms with Crippen molar-refractivity contribution in [3.63, 3.8) is 0 Å². The number of rotatable bonds is 6. The van der Waals surface area contributed by atoms with Crippen LogP contribution in [-0.4, -0.2) is 77.2 Å². The van der Waals surface area contributed by atoms with Crippen LogP contribution in [0.15, 0.2) is 18.2 Å². The Morgan fingerprint density at radius 2 is 1.81 bits per heavy atom. The molecule has 230 valence electrons. The van der Waals surface area contributed by atoms with Crippen molar-refractivity contribution in [2.45, 2.75) is 76.2 Å². The molecule has 1 N–H and O–H groups in total. The highest BCUT2D eigenvalue weighted by molar-refractivity contribution is 6.40. The third-order valence-electron chi connectivity index (χ3n) is 7.33. The Bertz CT molecular complexity index is 1350. The van der Waals surface area contributed by atoms with Gasteiger partial charge in [-0.1, -0.05) is 32.4 Å². The summed E-state index contributed by atoms with van der Waals surface area (Å²) in [5.74, 6) is -11.0. The van der Waals surface area contributed by atoms with E-state index in [1.807, 2.05) is 6.07 Å². The fourth-order valence-corrected chi connectivity index (χ4v) is 5.66. The molecule has 0 bridgehead atoms. The monoisotopic (exact) mass is 639 g/mol. The van der Waals surface area contributed by atoms with Crippen LogP contribution in [0.2, 0.25) is 5.02 Å². The second kappa shape index (κ2) is 11.1. The van der Waals surface area contributed by atoms with Gasteiger partial charge in [-0.15, -0.1) is 0 Å². The number of halogens is 7. The van der Waals surface area contributed by atoms with Gasteiger partial charge in [-0.2, -0.15) is 27.2 Å². The zero-order valence-electron chi connectivity index (χ0n) is 23.2. The number of likely N-dealkylation sites (N-methyl/N-ethyl adjacent to an activating group) is 1. The van der Waals surface area contributed by atoms with E-state index in [9.17, 15) is 46.4 Å². The normalized spacial score (nSPS) is 22.1. The van der Waals surface area contributed by atoms with Crippen molar-refractivity contribution in [2.24, 2.45) is 5.41 Å². The smallest absolute Gasteiger partial charge is 0.339 e. The maximum Gasteiger partial charge on any atom is 0.463 e. The predicted octanol–water partition coefficient (Wildman–Crippen LogP) is 4.17. The number of carbonyl (C=O) groups excluding carboxylic acids is 4. The van der Waals surface area contributed by atoms with Gasteiger partial charge in [0.1, 0.15) is 18.1 Å². The van der Waals surface area contributed by atoms with Crippen molar-refractivity contribution >= 4 is 52.7 Å². The van der Waals surface area contributed by atoms with Crippen LogP contribution < -0.4 is 9.74 Å². The molecule has 0 unspecified atom stereocenters. The topological polar surface area (TPSA) is 114 Å². The van der Waals surface area contributed by atoms with E-state index in [0.29, 0.717) is 11.3 Å². The minimum Gasteiger partial charge on any atom is -0.339 e.